The molecule has 0 fully saturated rings. The maximum atomic E-state index is 14.5. The number of hydrogen-bond donors (Lipinski definition) is 5. The lowest BCUT2D eigenvalue weighted by molar-refractivity contribution is -0.137. The third kappa shape index (κ3) is 12.7. The molecule has 12 nitrogen and oxygen atoms in total. The Hall–Kier alpha value is -6.60. The van der Waals surface area contributed by atoms with Crippen molar-refractivity contribution >= 4 is 46.6 Å². The minimum Gasteiger partial charge on any atom is -0.508 e. The number of carboxylic acids is 1. The van der Waals surface area contributed by atoms with Crippen LogP contribution in [0.2, 0.25) is 0 Å². The van der Waals surface area contributed by atoms with Crippen molar-refractivity contribution in [2.45, 2.75) is 57.0 Å². The van der Waals surface area contributed by atoms with Crippen LogP contribution in [0, 0.1) is 11.8 Å². The van der Waals surface area contributed by atoms with Crippen LogP contribution in [0.3, 0.4) is 0 Å². The number of rotatable bonds is 11. The monoisotopic (exact) mass is 829 g/mol. The van der Waals surface area contributed by atoms with Crippen LogP contribution in [0.25, 0.3) is 11.1 Å². The van der Waals surface area contributed by atoms with E-state index in [-0.39, 0.29) is 69.6 Å². The number of carbonyl (C=O) groups excluding carboxylic acids is 5. The number of phenols is 1. The standard InChI is InChI=1S/C47H47N3O9S/c51-37-16-10-32(11-17-37)24-41-43(53)28-35(45(56)48-21-20-44(54)55)23-30-12-18-39(19-13-30)59-29-38(52)26-36(27-40-7-4-22-60-40)46(57)50-42(47(58)49-41)25-31-8-14-34(15-9-31)33-5-2-1-3-6-33/h1-19,22,35-36,41-42,51H,20-21,23-29H2,(H,48,56)(H,49,58)(H,50,57)(H,54,55)/t35-,36+,41+,42-/m1/s1. The Morgan fingerprint density at radius 2 is 1.35 bits per heavy atom. The summed E-state index contributed by atoms with van der Waals surface area (Å²) in [4.78, 5) is 82.3. The average Bonchev–Trinajstić information content (AvgIpc) is 3.76. The molecule has 4 atom stereocenters. The molecule has 3 amide bonds. The zero-order chi connectivity index (χ0) is 42.4. The molecule has 4 aromatic carbocycles. The molecule has 1 aromatic heterocycles. The van der Waals surface area contributed by atoms with E-state index in [1.807, 2.05) is 72.1 Å². The number of ketones is 2. The fraction of sp³-hybridized carbons (Fsp3) is 0.277. The summed E-state index contributed by atoms with van der Waals surface area (Å²) in [6, 6.07) is 31.7. The van der Waals surface area contributed by atoms with Gasteiger partial charge in [0, 0.05) is 42.5 Å². The lowest BCUT2D eigenvalue weighted by atomic mass is 9.89. The number of ether oxygens (including phenoxy) is 1. The molecule has 0 spiro atoms. The molecule has 310 valence electrons. The summed E-state index contributed by atoms with van der Waals surface area (Å²) in [6.45, 7) is -0.443. The molecule has 7 rings (SSSR count). The van der Waals surface area contributed by atoms with Gasteiger partial charge in [0.1, 0.15) is 24.1 Å². The van der Waals surface area contributed by atoms with Gasteiger partial charge in [-0.1, -0.05) is 84.9 Å². The van der Waals surface area contributed by atoms with Gasteiger partial charge in [0.15, 0.2) is 11.6 Å². The van der Waals surface area contributed by atoms with Crippen molar-refractivity contribution in [2.24, 2.45) is 11.8 Å². The van der Waals surface area contributed by atoms with Gasteiger partial charge in [-0.15, -0.1) is 11.3 Å². The van der Waals surface area contributed by atoms with Crippen molar-refractivity contribution in [3.05, 3.63) is 142 Å². The largest absolute Gasteiger partial charge is 0.508 e. The molecule has 60 heavy (non-hydrogen) atoms. The number of benzene rings is 4. The molecule has 13 heteroatoms. The summed E-state index contributed by atoms with van der Waals surface area (Å²) in [7, 11) is 0. The summed E-state index contributed by atoms with van der Waals surface area (Å²) in [5.74, 6) is -4.94. The van der Waals surface area contributed by atoms with E-state index in [2.05, 4.69) is 16.0 Å². The molecule has 2 bridgehead atoms. The highest BCUT2D eigenvalue weighted by atomic mass is 32.1. The maximum absolute atomic E-state index is 14.5. The number of carboxylic acid groups (broad SMARTS) is 1. The normalized spacial score (nSPS) is 19.2. The van der Waals surface area contributed by atoms with Gasteiger partial charge in [0.2, 0.25) is 17.7 Å². The first-order chi connectivity index (χ1) is 29.0. The van der Waals surface area contributed by atoms with E-state index < -0.39 is 53.4 Å². The lowest BCUT2D eigenvalue weighted by Crippen LogP contribution is -2.54. The zero-order valence-corrected chi connectivity index (χ0v) is 33.7. The van der Waals surface area contributed by atoms with Crippen molar-refractivity contribution in [1.82, 2.24) is 16.0 Å². The molecular formula is C47H47N3O9S. The van der Waals surface area contributed by atoms with Crippen LogP contribution < -0.4 is 20.7 Å². The van der Waals surface area contributed by atoms with Crippen LogP contribution in [-0.2, 0) is 54.5 Å². The van der Waals surface area contributed by atoms with E-state index >= 15 is 0 Å². The Morgan fingerprint density at radius 3 is 2.02 bits per heavy atom. The van der Waals surface area contributed by atoms with Crippen molar-refractivity contribution in [1.29, 1.82) is 0 Å². The number of amides is 3. The average molecular weight is 830 g/mol. The number of carbonyl (C=O) groups is 6. The van der Waals surface area contributed by atoms with Crippen LogP contribution in [-0.4, -0.2) is 70.7 Å². The number of Topliss-reactive ketones (excluding diaryl/α,β-unsaturated/α-hetero) is 2. The number of nitrogens with one attached hydrogen (secondary N) is 3. The van der Waals surface area contributed by atoms with Gasteiger partial charge in [0.25, 0.3) is 0 Å². The Labute approximate surface area is 352 Å². The predicted octanol–water partition coefficient (Wildman–Crippen LogP) is 5.50. The third-order valence-corrected chi connectivity index (χ3v) is 11.2. The van der Waals surface area contributed by atoms with Gasteiger partial charge in [-0.05, 0) is 82.8 Å². The SMILES string of the molecule is O=C(O)CCNC(=O)[C@H]1CC(=O)[C@H](Cc2ccc(O)cc2)NC(=O)[C@@H](Cc2ccc(-c3ccccc3)cc2)NC(=O)[C@H](Cc2cccs2)CC(=O)COc2ccc(cc2)C1. The first-order valence-corrected chi connectivity index (χ1v) is 20.7. The minimum atomic E-state index is -1.18. The van der Waals surface area contributed by atoms with E-state index in [1.165, 1.54) is 23.5 Å². The second-order valence-corrected chi connectivity index (χ2v) is 16.0. The molecule has 0 radical (unpaired) electrons. The second kappa shape index (κ2) is 20.9. The second-order valence-electron chi connectivity index (χ2n) is 14.9. The molecule has 0 saturated carbocycles. The van der Waals surface area contributed by atoms with Gasteiger partial charge >= 0.3 is 5.97 Å². The van der Waals surface area contributed by atoms with Crippen molar-refractivity contribution < 1.29 is 43.7 Å². The maximum Gasteiger partial charge on any atom is 0.305 e. The number of aliphatic carboxylic acids is 1. The molecular weight excluding hydrogens is 783 g/mol. The molecule has 5 aromatic rings. The molecule has 2 aliphatic heterocycles. The highest BCUT2D eigenvalue weighted by Gasteiger charge is 2.33. The molecule has 3 heterocycles. The van der Waals surface area contributed by atoms with Crippen LogP contribution >= 0.6 is 11.3 Å². The Bertz CT molecular complexity index is 2240. The van der Waals surface area contributed by atoms with Gasteiger partial charge in [-0.25, -0.2) is 0 Å². The summed E-state index contributed by atoms with van der Waals surface area (Å²) in [5.41, 5.74) is 4.00. The summed E-state index contributed by atoms with van der Waals surface area (Å²) in [5, 5.41) is 29.5. The molecule has 5 N–H and O–H groups in total. The quantitative estimate of drug-likeness (QED) is 0.115. The summed E-state index contributed by atoms with van der Waals surface area (Å²) >= 11 is 1.45. The number of aromatic hydroxyl groups is 1. The predicted molar refractivity (Wildman–Crippen MR) is 226 cm³/mol. The summed E-state index contributed by atoms with van der Waals surface area (Å²) in [6.07, 6.45) is -0.358. The molecule has 0 unspecified atom stereocenters. The van der Waals surface area contributed by atoms with Crippen LogP contribution in [0.15, 0.2) is 121 Å². The van der Waals surface area contributed by atoms with Crippen molar-refractivity contribution in [2.75, 3.05) is 13.2 Å². The van der Waals surface area contributed by atoms with E-state index in [0.29, 0.717) is 16.9 Å². The third-order valence-electron chi connectivity index (χ3n) is 10.3. The number of phenolic OH excluding ortho intramolecular Hbond substituents is 1. The summed E-state index contributed by atoms with van der Waals surface area (Å²) < 4.78 is 5.81. The number of thiophene rings is 1. The van der Waals surface area contributed by atoms with E-state index in [0.717, 1.165) is 21.6 Å². The van der Waals surface area contributed by atoms with E-state index in [1.54, 1.807) is 36.4 Å². The first-order valence-electron chi connectivity index (χ1n) is 19.8. The van der Waals surface area contributed by atoms with Gasteiger partial charge in [0.05, 0.1) is 12.5 Å². The smallest absolute Gasteiger partial charge is 0.305 e. The van der Waals surface area contributed by atoms with E-state index in [9.17, 15) is 39.0 Å². The van der Waals surface area contributed by atoms with Crippen molar-refractivity contribution in [3.63, 3.8) is 0 Å². The van der Waals surface area contributed by atoms with Crippen molar-refractivity contribution in [3.8, 4) is 22.6 Å². The highest BCUT2D eigenvalue weighted by molar-refractivity contribution is 7.09. The zero-order valence-electron chi connectivity index (χ0n) is 32.9. The molecule has 0 saturated heterocycles. The fourth-order valence-electron chi connectivity index (χ4n) is 7.10. The first kappa shape index (κ1) is 43.0. The highest BCUT2D eigenvalue weighted by Crippen LogP contribution is 2.24. The Kier molecular flexibility index (Phi) is 15.0. The number of hydrogen-bond acceptors (Lipinski definition) is 9. The van der Waals surface area contributed by atoms with Gasteiger partial charge < -0.3 is 30.9 Å². The number of fused-ring (bicyclic) bond motifs is 16. The van der Waals surface area contributed by atoms with Crippen LogP contribution in [0.1, 0.15) is 40.8 Å². The minimum absolute atomic E-state index is 0.00614. The Morgan fingerprint density at radius 1 is 0.700 bits per heavy atom. The molecule has 2 aliphatic rings. The van der Waals surface area contributed by atoms with Crippen LogP contribution in [0.4, 0.5) is 0 Å². The van der Waals surface area contributed by atoms with Gasteiger partial charge in [-0.2, -0.15) is 0 Å². The van der Waals surface area contributed by atoms with E-state index in [4.69, 9.17) is 4.74 Å². The fourth-order valence-corrected chi connectivity index (χ4v) is 7.88. The molecule has 0 aliphatic carbocycles. The topological polar surface area (TPSA) is 188 Å². The Balaban J connectivity index is 1.35. The lowest BCUT2D eigenvalue weighted by Gasteiger charge is -2.26. The van der Waals surface area contributed by atoms with Gasteiger partial charge in [-0.3, -0.25) is 28.8 Å². The van der Waals surface area contributed by atoms with Crippen LogP contribution in [0.5, 0.6) is 11.5 Å².